The van der Waals surface area contributed by atoms with Crippen LogP contribution in [-0.4, -0.2) is 24.1 Å². The van der Waals surface area contributed by atoms with Crippen molar-refractivity contribution in [3.8, 4) is 0 Å². The summed E-state index contributed by atoms with van der Waals surface area (Å²) in [6.07, 6.45) is 0.933. The third kappa shape index (κ3) is 4.16. The van der Waals surface area contributed by atoms with Gasteiger partial charge in [0, 0.05) is 40.4 Å². The molecule has 0 unspecified atom stereocenters. The summed E-state index contributed by atoms with van der Waals surface area (Å²) in [5, 5.41) is 3.39. The number of Topliss-reactive ketones (excluding diaryl/α,β-unsaturated/α-hetero) is 1. The van der Waals surface area contributed by atoms with E-state index in [9.17, 15) is 14.4 Å². The molecule has 0 spiro atoms. The number of hydrogen-bond donors (Lipinski definition) is 1. The van der Waals surface area contributed by atoms with Gasteiger partial charge in [0.1, 0.15) is 0 Å². The summed E-state index contributed by atoms with van der Waals surface area (Å²) in [6.45, 7) is 4.12. The first kappa shape index (κ1) is 21.8. The van der Waals surface area contributed by atoms with Crippen LogP contribution in [0.2, 0.25) is 5.02 Å². The van der Waals surface area contributed by atoms with E-state index in [-0.39, 0.29) is 17.6 Å². The Kier molecular flexibility index (Phi) is 6.10. The molecule has 3 aromatic rings. The number of nitrogens with zero attached hydrogens (tertiary/aromatic N) is 1. The van der Waals surface area contributed by atoms with Crippen molar-refractivity contribution in [2.24, 2.45) is 0 Å². The van der Waals surface area contributed by atoms with Gasteiger partial charge in [-0.3, -0.25) is 14.4 Å². The summed E-state index contributed by atoms with van der Waals surface area (Å²) in [6, 6.07) is 17.6. The molecule has 1 heterocycles. The van der Waals surface area contributed by atoms with Crippen LogP contribution >= 0.6 is 11.6 Å². The second-order valence-electron chi connectivity index (χ2n) is 7.89. The minimum absolute atomic E-state index is 0.0197. The fraction of sp³-hybridized carbons (Fsp3) is 0.192. The molecule has 1 N–H and O–H groups in total. The van der Waals surface area contributed by atoms with Gasteiger partial charge in [-0.2, -0.15) is 0 Å². The van der Waals surface area contributed by atoms with Crippen LogP contribution in [0.1, 0.15) is 55.0 Å². The average Bonchev–Trinajstić information content (AvgIpc) is 2.93. The quantitative estimate of drug-likeness (QED) is 0.550. The second kappa shape index (κ2) is 8.97. The molecule has 0 fully saturated rings. The largest absolute Gasteiger partial charge is 0.322 e. The molecule has 0 aliphatic carbocycles. The van der Waals surface area contributed by atoms with Crippen molar-refractivity contribution in [1.29, 1.82) is 0 Å². The lowest BCUT2D eigenvalue weighted by Crippen LogP contribution is -2.32. The van der Waals surface area contributed by atoms with E-state index in [0.717, 1.165) is 5.56 Å². The normalized spacial score (nSPS) is 13.3. The summed E-state index contributed by atoms with van der Waals surface area (Å²) in [7, 11) is 0. The van der Waals surface area contributed by atoms with E-state index < -0.39 is 0 Å². The maximum atomic E-state index is 13.6. The zero-order valence-corrected chi connectivity index (χ0v) is 18.7. The predicted octanol–water partition coefficient (Wildman–Crippen LogP) is 5.83. The van der Waals surface area contributed by atoms with Crippen molar-refractivity contribution in [2.45, 2.75) is 26.7 Å². The van der Waals surface area contributed by atoms with Crippen LogP contribution in [0, 0.1) is 13.8 Å². The molecule has 6 heteroatoms. The smallest absolute Gasteiger partial charge is 0.258 e. The minimum atomic E-state index is -0.226. The number of halogens is 1. The third-order valence-electron chi connectivity index (χ3n) is 5.78. The van der Waals surface area contributed by atoms with E-state index in [1.807, 2.05) is 32.0 Å². The summed E-state index contributed by atoms with van der Waals surface area (Å²) in [5.41, 5.74) is 4.21. The highest BCUT2D eigenvalue weighted by molar-refractivity contribution is 6.31. The topological polar surface area (TPSA) is 66.5 Å². The lowest BCUT2D eigenvalue weighted by molar-refractivity contribution is 0.0973. The number of rotatable bonds is 3. The van der Waals surface area contributed by atoms with Gasteiger partial charge in [0.25, 0.3) is 11.8 Å². The number of anilines is 2. The zero-order valence-electron chi connectivity index (χ0n) is 17.9. The van der Waals surface area contributed by atoms with E-state index in [1.165, 1.54) is 0 Å². The Hall–Kier alpha value is -3.44. The summed E-state index contributed by atoms with van der Waals surface area (Å²) >= 11 is 6.10. The van der Waals surface area contributed by atoms with Crippen molar-refractivity contribution in [3.05, 3.63) is 93.5 Å². The van der Waals surface area contributed by atoms with E-state index in [4.69, 9.17) is 11.6 Å². The number of hydrogen-bond acceptors (Lipinski definition) is 3. The van der Waals surface area contributed by atoms with Crippen molar-refractivity contribution in [2.75, 3.05) is 16.8 Å². The van der Waals surface area contributed by atoms with E-state index in [1.54, 1.807) is 47.4 Å². The second-order valence-corrected chi connectivity index (χ2v) is 8.33. The van der Waals surface area contributed by atoms with Crippen molar-refractivity contribution < 1.29 is 14.4 Å². The summed E-state index contributed by atoms with van der Waals surface area (Å²) in [4.78, 5) is 40.5. The molecule has 0 radical (unpaired) electrons. The summed E-state index contributed by atoms with van der Waals surface area (Å²) in [5.74, 6) is -0.460. The fourth-order valence-corrected chi connectivity index (χ4v) is 4.17. The molecule has 3 aromatic carbocycles. The van der Waals surface area contributed by atoms with Gasteiger partial charge in [0.2, 0.25) is 0 Å². The van der Waals surface area contributed by atoms with Crippen molar-refractivity contribution in [3.63, 3.8) is 0 Å². The van der Waals surface area contributed by atoms with E-state index >= 15 is 0 Å². The summed E-state index contributed by atoms with van der Waals surface area (Å²) < 4.78 is 0. The standard InChI is InChI=1S/C26H23ClN2O3/c1-16-7-3-4-8-19(16)25(31)28-22-10-5-9-20(17(22)2)26(32)29-14-6-11-24(30)21-15-18(27)12-13-23(21)29/h3-5,7-10,12-13,15H,6,11,14H2,1-2H3,(H,28,31). The Morgan fingerprint density at radius 3 is 2.50 bits per heavy atom. The van der Waals surface area contributed by atoms with Gasteiger partial charge < -0.3 is 10.2 Å². The van der Waals surface area contributed by atoms with Gasteiger partial charge in [0.05, 0.1) is 5.69 Å². The first-order chi connectivity index (χ1) is 15.4. The van der Waals surface area contributed by atoms with Crippen LogP contribution in [0.3, 0.4) is 0 Å². The van der Waals surface area contributed by atoms with Gasteiger partial charge >= 0.3 is 0 Å². The molecule has 0 saturated carbocycles. The zero-order chi connectivity index (χ0) is 22.8. The molecule has 4 rings (SSSR count). The molecule has 2 amide bonds. The molecule has 0 bridgehead atoms. The van der Waals surface area contributed by atoms with E-state index in [2.05, 4.69) is 5.32 Å². The number of ketones is 1. The molecular weight excluding hydrogens is 424 g/mol. The van der Waals surface area contributed by atoms with Crippen LogP contribution in [0.25, 0.3) is 0 Å². The highest BCUT2D eigenvalue weighted by Crippen LogP contribution is 2.31. The maximum Gasteiger partial charge on any atom is 0.258 e. The number of aryl methyl sites for hydroxylation is 1. The van der Waals surface area contributed by atoms with Gasteiger partial charge in [-0.25, -0.2) is 0 Å². The number of nitrogens with one attached hydrogen (secondary N) is 1. The lowest BCUT2D eigenvalue weighted by atomic mass is 10.0. The lowest BCUT2D eigenvalue weighted by Gasteiger charge is -2.24. The Morgan fingerprint density at radius 1 is 0.969 bits per heavy atom. The number of benzene rings is 3. The maximum absolute atomic E-state index is 13.6. The minimum Gasteiger partial charge on any atom is -0.322 e. The molecule has 5 nitrogen and oxygen atoms in total. The molecule has 0 aromatic heterocycles. The van der Waals surface area contributed by atoms with Crippen LogP contribution in [0.4, 0.5) is 11.4 Å². The molecule has 162 valence electrons. The Balaban J connectivity index is 1.67. The predicted molar refractivity (Wildman–Crippen MR) is 127 cm³/mol. The SMILES string of the molecule is Cc1ccccc1C(=O)Nc1cccc(C(=O)N2CCCC(=O)c3cc(Cl)ccc32)c1C. The van der Waals surface area contributed by atoms with Crippen LogP contribution in [-0.2, 0) is 0 Å². The Labute approximate surface area is 192 Å². The van der Waals surface area contributed by atoms with Crippen LogP contribution < -0.4 is 10.2 Å². The number of fused-ring (bicyclic) bond motifs is 1. The van der Waals surface area contributed by atoms with Crippen molar-refractivity contribution in [1.82, 2.24) is 0 Å². The third-order valence-corrected chi connectivity index (χ3v) is 6.02. The van der Waals surface area contributed by atoms with Crippen molar-refractivity contribution >= 4 is 40.6 Å². The monoisotopic (exact) mass is 446 g/mol. The van der Waals surface area contributed by atoms with E-state index in [0.29, 0.717) is 58.0 Å². The molecule has 0 saturated heterocycles. The highest BCUT2D eigenvalue weighted by atomic mass is 35.5. The first-order valence-corrected chi connectivity index (χ1v) is 10.9. The molecule has 1 aliphatic rings. The Morgan fingerprint density at radius 2 is 1.72 bits per heavy atom. The molecule has 0 atom stereocenters. The van der Waals surface area contributed by atoms with Crippen LogP contribution in [0.5, 0.6) is 0 Å². The average molecular weight is 447 g/mol. The highest BCUT2D eigenvalue weighted by Gasteiger charge is 2.27. The molecular formula is C26H23ClN2O3. The number of amides is 2. The molecule has 1 aliphatic heterocycles. The number of carbonyl (C=O) groups excluding carboxylic acids is 3. The Bertz CT molecular complexity index is 1240. The van der Waals surface area contributed by atoms with Crippen LogP contribution in [0.15, 0.2) is 60.7 Å². The molecule has 32 heavy (non-hydrogen) atoms. The van der Waals surface area contributed by atoms with Gasteiger partial charge in [-0.1, -0.05) is 35.9 Å². The fourth-order valence-electron chi connectivity index (χ4n) is 4.00. The van der Waals surface area contributed by atoms with Gasteiger partial charge in [-0.15, -0.1) is 0 Å². The van der Waals surface area contributed by atoms with Gasteiger partial charge in [-0.05, 0) is 67.8 Å². The van der Waals surface area contributed by atoms with Gasteiger partial charge in [0.15, 0.2) is 5.78 Å². The first-order valence-electron chi connectivity index (χ1n) is 10.5. The number of carbonyl (C=O) groups is 3.